The van der Waals surface area contributed by atoms with Crippen LogP contribution in [-0.4, -0.2) is 50.2 Å². The second-order valence-electron chi connectivity index (χ2n) is 8.16. The van der Waals surface area contributed by atoms with Crippen molar-refractivity contribution < 1.29 is 4.39 Å². The predicted octanol–water partition coefficient (Wildman–Crippen LogP) is 5.72. The second kappa shape index (κ2) is 12.0. The fourth-order valence-corrected chi connectivity index (χ4v) is 3.29. The maximum atomic E-state index is 13.2. The van der Waals surface area contributed by atoms with Crippen molar-refractivity contribution in [3.8, 4) is 0 Å². The monoisotopic (exact) mass is 434 g/mol. The number of alkyl halides is 1. The number of halogens is 1. The van der Waals surface area contributed by atoms with Gasteiger partial charge in [0.15, 0.2) is 0 Å². The van der Waals surface area contributed by atoms with Gasteiger partial charge in [0.1, 0.15) is 6.17 Å². The zero-order chi connectivity index (χ0) is 23.7. The molecule has 0 aliphatic heterocycles. The zero-order valence-electron chi connectivity index (χ0n) is 19.9. The lowest BCUT2D eigenvalue weighted by molar-refractivity contribution is 0.164. The van der Waals surface area contributed by atoms with Gasteiger partial charge in [0.25, 0.3) is 0 Å². The smallest absolute Gasteiger partial charge is 0.104 e. The molecule has 0 amide bonds. The quantitative estimate of drug-likeness (QED) is 0.378. The van der Waals surface area contributed by atoms with Gasteiger partial charge in [-0.3, -0.25) is 9.98 Å². The minimum absolute atomic E-state index is 0.104. The predicted molar refractivity (Wildman–Crippen MR) is 137 cm³/mol. The highest BCUT2D eigenvalue weighted by Crippen LogP contribution is 2.26. The third-order valence-corrected chi connectivity index (χ3v) is 5.28. The SMILES string of the molecule is C=C(/C=C\N(C)C)/C(=C/N=C(C)c1cccc(/C(C=NC)=C/C)c1)C(=C)NC1CC(F)C1. The van der Waals surface area contributed by atoms with E-state index in [-0.39, 0.29) is 6.04 Å². The molecule has 0 saturated heterocycles. The van der Waals surface area contributed by atoms with Crippen molar-refractivity contribution in [3.63, 3.8) is 0 Å². The molecule has 1 N–H and O–H groups in total. The van der Waals surface area contributed by atoms with Crippen LogP contribution in [0.1, 0.15) is 37.8 Å². The summed E-state index contributed by atoms with van der Waals surface area (Å²) in [6.45, 7) is 12.3. The van der Waals surface area contributed by atoms with Crippen LogP contribution in [0.3, 0.4) is 0 Å². The molecule has 1 fully saturated rings. The van der Waals surface area contributed by atoms with Gasteiger partial charge in [-0.2, -0.15) is 0 Å². The lowest BCUT2D eigenvalue weighted by Gasteiger charge is -2.32. The molecule has 1 aliphatic carbocycles. The molecule has 0 radical (unpaired) electrons. The first-order valence-electron chi connectivity index (χ1n) is 10.8. The van der Waals surface area contributed by atoms with Crippen LogP contribution < -0.4 is 5.32 Å². The minimum atomic E-state index is -0.725. The summed E-state index contributed by atoms with van der Waals surface area (Å²) in [6, 6.07) is 8.33. The summed E-state index contributed by atoms with van der Waals surface area (Å²) >= 11 is 0. The molecular weight excluding hydrogens is 399 g/mol. The lowest BCUT2D eigenvalue weighted by atomic mass is 9.90. The summed E-state index contributed by atoms with van der Waals surface area (Å²) in [5, 5.41) is 3.32. The van der Waals surface area contributed by atoms with Crippen LogP contribution in [-0.2, 0) is 0 Å². The Morgan fingerprint density at radius 3 is 2.50 bits per heavy atom. The fourth-order valence-electron chi connectivity index (χ4n) is 3.29. The van der Waals surface area contributed by atoms with E-state index in [4.69, 9.17) is 4.99 Å². The van der Waals surface area contributed by atoms with Gasteiger partial charge in [-0.25, -0.2) is 4.39 Å². The first-order valence-corrected chi connectivity index (χ1v) is 10.8. The van der Waals surface area contributed by atoms with E-state index in [1.54, 1.807) is 13.2 Å². The van der Waals surface area contributed by atoms with Crippen LogP contribution in [0.25, 0.3) is 5.57 Å². The number of aliphatic imine (C=N–C) groups is 2. The Morgan fingerprint density at radius 2 is 1.91 bits per heavy atom. The molecule has 1 aromatic carbocycles. The zero-order valence-corrected chi connectivity index (χ0v) is 19.9. The maximum Gasteiger partial charge on any atom is 0.104 e. The Balaban J connectivity index is 2.32. The van der Waals surface area contributed by atoms with Gasteiger partial charge in [-0.1, -0.05) is 37.4 Å². The van der Waals surface area contributed by atoms with E-state index in [1.165, 1.54) is 0 Å². The molecule has 170 valence electrons. The number of hydrogen-bond acceptors (Lipinski definition) is 4. The lowest BCUT2D eigenvalue weighted by Crippen LogP contribution is -2.41. The van der Waals surface area contributed by atoms with Gasteiger partial charge < -0.3 is 10.2 Å². The highest BCUT2D eigenvalue weighted by Gasteiger charge is 2.29. The summed E-state index contributed by atoms with van der Waals surface area (Å²) in [7, 11) is 5.67. The molecule has 2 rings (SSSR count). The molecule has 0 bridgehead atoms. The molecule has 0 spiro atoms. The molecule has 32 heavy (non-hydrogen) atoms. The number of nitrogens with one attached hydrogen (secondary N) is 1. The topological polar surface area (TPSA) is 40.0 Å². The molecule has 4 nitrogen and oxygen atoms in total. The first kappa shape index (κ1) is 25.1. The van der Waals surface area contributed by atoms with Crippen molar-refractivity contribution in [2.24, 2.45) is 9.98 Å². The molecule has 1 saturated carbocycles. The molecule has 1 aliphatic rings. The van der Waals surface area contributed by atoms with Crippen LogP contribution in [0.5, 0.6) is 0 Å². The number of nitrogens with zero attached hydrogens (tertiary/aromatic N) is 3. The molecule has 0 atom stereocenters. The van der Waals surface area contributed by atoms with Crippen molar-refractivity contribution in [1.82, 2.24) is 10.2 Å². The number of hydrogen-bond donors (Lipinski definition) is 1. The summed E-state index contributed by atoms with van der Waals surface area (Å²) in [4.78, 5) is 10.8. The van der Waals surface area contributed by atoms with Gasteiger partial charge >= 0.3 is 0 Å². The van der Waals surface area contributed by atoms with Crippen LogP contribution in [0.15, 0.2) is 88.8 Å². The third-order valence-electron chi connectivity index (χ3n) is 5.28. The van der Waals surface area contributed by atoms with E-state index < -0.39 is 6.17 Å². The summed E-state index contributed by atoms with van der Waals surface area (Å²) in [5.41, 5.74) is 6.33. The normalized spacial score (nSPS) is 19.9. The van der Waals surface area contributed by atoms with Crippen LogP contribution in [0, 0.1) is 0 Å². The summed E-state index contributed by atoms with van der Waals surface area (Å²) < 4.78 is 13.2. The molecule has 0 unspecified atom stereocenters. The van der Waals surface area contributed by atoms with Gasteiger partial charge in [0.2, 0.25) is 0 Å². The Kier molecular flexibility index (Phi) is 9.39. The van der Waals surface area contributed by atoms with Crippen molar-refractivity contribution in [1.29, 1.82) is 0 Å². The summed E-state index contributed by atoms with van der Waals surface area (Å²) in [5.74, 6) is 0. The van der Waals surface area contributed by atoms with E-state index in [0.29, 0.717) is 18.5 Å². The average Bonchev–Trinajstić information content (AvgIpc) is 2.74. The van der Waals surface area contributed by atoms with Gasteiger partial charge in [0, 0.05) is 56.6 Å². The average molecular weight is 435 g/mol. The molecular formula is C27H35FN4. The Morgan fingerprint density at radius 1 is 1.22 bits per heavy atom. The standard InChI is InChI=1S/C27H35FN4/c1-8-22(17-29-5)24-11-9-10-23(14-24)20(3)30-18-27(19(2)12-13-32(6)7)21(4)31-26-15-25(28)16-26/h8-14,17-18,25-26,31H,2,4,15-16H2,1,3,5-7H3/b13-12-,22-8+,27-18-,29-17?,30-20?. The molecule has 0 aromatic heterocycles. The van der Waals surface area contributed by atoms with Gasteiger partial charge in [-0.15, -0.1) is 0 Å². The Bertz CT molecular complexity index is 973. The highest BCUT2D eigenvalue weighted by molar-refractivity contribution is 6.10. The van der Waals surface area contributed by atoms with Gasteiger partial charge in [0.05, 0.1) is 0 Å². The largest absolute Gasteiger partial charge is 0.383 e. The highest BCUT2D eigenvalue weighted by atomic mass is 19.1. The third kappa shape index (κ3) is 7.19. The minimum Gasteiger partial charge on any atom is -0.383 e. The van der Waals surface area contributed by atoms with Gasteiger partial charge in [-0.05, 0) is 67.3 Å². The van der Waals surface area contributed by atoms with Crippen molar-refractivity contribution in [2.45, 2.75) is 38.9 Å². The van der Waals surface area contributed by atoms with E-state index in [2.05, 4.69) is 35.6 Å². The van der Waals surface area contributed by atoms with E-state index in [1.807, 2.05) is 69.5 Å². The van der Waals surface area contributed by atoms with Crippen molar-refractivity contribution in [2.75, 3.05) is 21.1 Å². The second-order valence-corrected chi connectivity index (χ2v) is 8.16. The molecule has 0 heterocycles. The Labute approximate surface area is 192 Å². The Hall–Kier alpha value is -3.21. The van der Waals surface area contributed by atoms with Crippen LogP contribution >= 0.6 is 0 Å². The van der Waals surface area contributed by atoms with E-state index >= 15 is 0 Å². The van der Waals surface area contributed by atoms with E-state index in [9.17, 15) is 4.39 Å². The number of allylic oxidation sites excluding steroid dienone is 4. The fraction of sp³-hybridized carbons (Fsp3) is 0.333. The number of rotatable bonds is 10. The maximum absolute atomic E-state index is 13.2. The van der Waals surface area contributed by atoms with Crippen LogP contribution in [0.4, 0.5) is 4.39 Å². The first-order chi connectivity index (χ1) is 15.2. The van der Waals surface area contributed by atoms with Crippen molar-refractivity contribution in [3.05, 3.63) is 89.9 Å². The van der Waals surface area contributed by atoms with Crippen LogP contribution in [0.2, 0.25) is 0 Å². The number of benzene rings is 1. The van der Waals surface area contributed by atoms with Crippen molar-refractivity contribution >= 4 is 17.5 Å². The molecule has 5 heteroatoms. The summed E-state index contributed by atoms with van der Waals surface area (Å²) in [6.07, 6.45) is 9.82. The van der Waals surface area contributed by atoms with E-state index in [0.717, 1.165) is 33.6 Å². The molecule has 1 aromatic rings.